The van der Waals surface area contributed by atoms with Crippen molar-refractivity contribution in [1.29, 1.82) is 0 Å². The van der Waals surface area contributed by atoms with Crippen LogP contribution in [0.1, 0.15) is 12.2 Å². The molecular weight excluding hydrogens is 370 g/mol. The average molecular weight is 387 g/mol. The van der Waals surface area contributed by atoms with E-state index in [1.807, 2.05) is 0 Å². The van der Waals surface area contributed by atoms with Crippen LogP contribution in [0.5, 0.6) is 0 Å². The highest BCUT2D eigenvalue weighted by molar-refractivity contribution is 7.80. The fourth-order valence-corrected chi connectivity index (χ4v) is 2.90. The molecule has 1 saturated heterocycles. The topological polar surface area (TPSA) is 97.8 Å². The number of nitro groups is 1. The zero-order valence-electron chi connectivity index (χ0n) is 14.5. The third-order valence-electron chi connectivity index (χ3n) is 3.97. The number of benzene rings is 1. The van der Waals surface area contributed by atoms with Crippen molar-refractivity contribution < 1.29 is 18.9 Å². The molecule has 0 spiro atoms. The van der Waals surface area contributed by atoms with Crippen LogP contribution in [-0.2, 0) is 9.53 Å². The minimum absolute atomic E-state index is 0.00970. The van der Waals surface area contributed by atoms with Gasteiger partial charge in [-0.1, -0.05) is 0 Å². The summed E-state index contributed by atoms with van der Waals surface area (Å²) in [5, 5.41) is 14.0. The second-order valence-electron chi connectivity index (χ2n) is 5.80. The Hall–Kier alpha value is -3.04. The van der Waals surface area contributed by atoms with Gasteiger partial charge in [-0.2, -0.15) is 0 Å². The molecule has 0 aliphatic carbocycles. The van der Waals surface area contributed by atoms with Crippen molar-refractivity contribution in [2.75, 3.05) is 20.3 Å². The number of nitrogens with zero attached hydrogens (tertiary/aromatic N) is 2. The van der Waals surface area contributed by atoms with E-state index >= 15 is 0 Å². The fraction of sp³-hybridized carbons (Fsp3) is 0.222. The van der Waals surface area contributed by atoms with E-state index in [2.05, 4.69) is 5.32 Å². The van der Waals surface area contributed by atoms with Gasteiger partial charge in [0.05, 0.1) is 4.92 Å². The van der Waals surface area contributed by atoms with Crippen molar-refractivity contribution in [3.8, 4) is 11.3 Å². The molecule has 0 radical (unpaired) electrons. The highest BCUT2D eigenvalue weighted by Gasteiger charge is 2.30. The van der Waals surface area contributed by atoms with E-state index in [0.29, 0.717) is 47.5 Å². The summed E-state index contributed by atoms with van der Waals surface area (Å²) in [5.74, 6) is 0.798. The quantitative estimate of drug-likeness (QED) is 0.256. The molecule has 1 N–H and O–H groups in total. The molecule has 8 nitrogen and oxygen atoms in total. The Morgan fingerprint density at radius 2 is 2.04 bits per heavy atom. The van der Waals surface area contributed by atoms with Gasteiger partial charge < -0.3 is 14.5 Å². The number of amides is 1. The summed E-state index contributed by atoms with van der Waals surface area (Å²) in [6, 6.07) is 9.50. The van der Waals surface area contributed by atoms with E-state index in [1.165, 1.54) is 17.0 Å². The minimum atomic E-state index is -0.458. The Morgan fingerprint density at radius 1 is 1.30 bits per heavy atom. The molecule has 1 aromatic carbocycles. The van der Waals surface area contributed by atoms with E-state index in [1.54, 1.807) is 37.5 Å². The van der Waals surface area contributed by atoms with Crippen molar-refractivity contribution in [3.05, 3.63) is 58.0 Å². The van der Waals surface area contributed by atoms with Gasteiger partial charge in [0.1, 0.15) is 17.2 Å². The summed E-state index contributed by atoms with van der Waals surface area (Å²) in [5.41, 5.74) is 1.05. The maximum absolute atomic E-state index is 12.5. The Labute approximate surface area is 160 Å². The number of nitro benzene ring substituents is 1. The SMILES string of the molecule is COCCCN1C(=O)/C(=C\c2ccc(-c3ccc([N+](=O)[O-])cc3)o2)NC1=S. The van der Waals surface area contributed by atoms with Gasteiger partial charge >= 0.3 is 0 Å². The Kier molecular flexibility index (Phi) is 5.63. The lowest BCUT2D eigenvalue weighted by Crippen LogP contribution is -2.32. The van der Waals surface area contributed by atoms with E-state index < -0.39 is 4.92 Å². The lowest BCUT2D eigenvalue weighted by molar-refractivity contribution is -0.384. The van der Waals surface area contributed by atoms with Crippen molar-refractivity contribution in [1.82, 2.24) is 10.2 Å². The summed E-state index contributed by atoms with van der Waals surface area (Å²) >= 11 is 5.20. The molecule has 1 fully saturated rings. The molecule has 0 saturated carbocycles. The number of carbonyl (C=O) groups is 1. The molecule has 140 valence electrons. The van der Waals surface area contributed by atoms with E-state index in [-0.39, 0.29) is 11.6 Å². The van der Waals surface area contributed by atoms with Crippen molar-refractivity contribution in [3.63, 3.8) is 0 Å². The molecule has 1 aliphatic rings. The standard InChI is InChI=1S/C18H17N3O5S/c1-25-10-2-9-20-17(22)15(19-18(20)27)11-14-7-8-16(26-14)12-3-5-13(6-4-12)21(23)24/h3-8,11H,2,9-10H2,1H3,(H,19,27)/b15-11+. The number of furan rings is 1. The Balaban J connectivity index is 1.74. The number of non-ortho nitro benzene ring substituents is 1. The lowest BCUT2D eigenvalue weighted by Gasteiger charge is -2.12. The van der Waals surface area contributed by atoms with Gasteiger partial charge in [-0.05, 0) is 42.9 Å². The number of hydrogen-bond donors (Lipinski definition) is 1. The molecule has 2 aromatic rings. The molecule has 1 amide bonds. The van der Waals surface area contributed by atoms with Crippen molar-refractivity contribution in [2.24, 2.45) is 0 Å². The summed E-state index contributed by atoms with van der Waals surface area (Å²) in [4.78, 5) is 24.2. The third kappa shape index (κ3) is 4.21. The van der Waals surface area contributed by atoms with Crippen LogP contribution in [0.15, 0.2) is 46.5 Å². The van der Waals surface area contributed by atoms with Gasteiger partial charge in [0, 0.05) is 44.0 Å². The van der Waals surface area contributed by atoms with Crippen LogP contribution in [-0.4, -0.2) is 41.1 Å². The van der Waals surface area contributed by atoms with E-state index in [4.69, 9.17) is 21.4 Å². The summed E-state index contributed by atoms with van der Waals surface area (Å²) in [6.45, 7) is 1.02. The second kappa shape index (κ2) is 8.11. The molecule has 0 atom stereocenters. The van der Waals surface area contributed by atoms with Gasteiger partial charge in [-0.15, -0.1) is 0 Å². The van der Waals surface area contributed by atoms with Crippen molar-refractivity contribution in [2.45, 2.75) is 6.42 Å². The first-order valence-electron chi connectivity index (χ1n) is 8.18. The number of rotatable bonds is 7. The molecule has 3 rings (SSSR count). The molecular formula is C18H17N3O5S. The molecule has 1 aromatic heterocycles. The first-order valence-corrected chi connectivity index (χ1v) is 8.58. The largest absolute Gasteiger partial charge is 0.457 e. The number of nitrogens with one attached hydrogen (secondary N) is 1. The van der Waals surface area contributed by atoms with Crippen LogP contribution in [0.4, 0.5) is 5.69 Å². The molecule has 1 aliphatic heterocycles. The second-order valence-corrected chi connectivity index (χ2v) is 6.18. The first kappa shape index (κ1) is 18.7. The summed E-state index contributed by atoms with van der Waals surface area (Å²) < 4.78 is 10.7. The smallest absolute Gasteiger partial charge is 0.276 e. The van der Waals surface area contributed by atoms with Gasteiger partial charge in [0.25, 0.3) is 11.6 Å². The monoisotopic (exact) mass is 387 g/mol. The number of carbonyl (C=O) groups excluding carboxylic acids is 1. The van der Waals surface area contributed by atoms with Crippen LogP contribution in [0.25, 0.3) is 17.4 Å². The summed E-state index contributed by atoms with van der Waals surface area (Å²) in [6.07, 6.45) is 2.27. The average Bonchev–Trinajstić information content (AvgIpc) is 3.22. The Bertz CT molecular complexity index is 904. The highest BCUT2D eigenvalue weighted by atomic mass is 32.1. The zero-order valence-corrected chi connectivity index (χ0v) is 15.3. The molecule has 2 heterocycles. The molecule has 0 unspecified atom stereocenters. The predicted molar refractivity (Wildman–Crippen MR) is 103 cm³/mol. The van der Waals surface area contributed by atoms with Gasteiger partial charge in [-0.25, -0.2) is 0 Å². The Morgan fingerprint density at radius 3 is 2.70 bits per heavy atom. The van der Waals surface area contributed by atoms with Crippen LogP contribution < -0.4 is 5.32 Å². The van der Waals surface area contributed by atoms with Crippen LogP contribution in [0, 0.1) is 10.1 Å². The van der Waals surface area contributed by atoms with Crippen LogP contribution >= 0.6 is 12.2 Å². The number of thiocarbonyl (C=S) groups is 1. The maximum atomic E-state index is 12.5. The van der Waals surface area contributed by atoms with E-state index in [9.17, 15) is 14.9 Å². The normalized spacial score (nSPS) is 15.4. The highest BCUT2D eigenvalue weighted by Crippen LogP contribution is 2.26. The first-order chi connectivity index (χ1) is 13.0. The molecule has 27 heavy (non-hydrogen) atoms. The van der Waals surface area contributed by atoms with Crippen LogP contribution in [0.3, 0.4) is 0 Å². The summed E-state index contributed by atoms with van der Waals surface area (Å²) in [7, 11) is 1.60. The number of hydrogen-bond acceptors (Lipinski definition) is 6. The third-order valence-corrected chi connectivity index (χ3v) is 4.29. The maximum Gasteiger partial charge on any atom is 0.276 e. The zero-order chi connectivity index (χ0) is 19.4. The number of ether oxygens (including phenoxy) is 1. The number of methoxy groups -OCH3 is 1. The predicted octanol–water partition coefficient (Wildman–Crippen LogP) is 2.95. The van der Waals surface area contributed by atoms with Gasteiger partial charge in [-0.3, -0.25) is 19.8 Å². The van der Waals surface area contributed by atoms with Gasteiger partial charge in [0.15, 0.2) is 5.11 Å². The van der Waals surface area contributed by atoms with E-state index in [0.717, 1.165) is 0 Å². The van der Waals surface area contributed by atoms with Crippen LogP contribution in [0.2, 0.25) is 0 Å². The van der Waals surface area contributed by atoms with Crippen molar-refractivity contribution >= 4 is 35.0 Å². The van der Waals surface area contributed by atoms with Gasteiger partial charge in [0.2, 0.25) is 0 Å². The molecule has 9 heteroatoms. The fourth-order valence-electron chi connectivity index (χ4n) is 2.62. The lowest BCUT2D eigenvalue weighted by atomic mass is 10.1. The minimum Gasteiger partial charge on any atom is -0.457 e. The molecule has 0 bridgehead atoms.